The first-order chi connectivity index (χ1) is 10.4. The van der Waals surface area contributed by atoms with Crippen LogP contribution in [0.1, 0.15) is 37.3 Å². The van der Waals surface area contributed by atoms with E-state index in [0.29, 0.717) is 18.1 Å². The van der Waals surface area contributed by atoms with Gasteiger partial charge >= 0.3 is 6.18 Å². The van der Waals surface area contributed by atoms with Crippen LogP contribution in [0.5, 0.6) is 0 Å². The molecule has 1 aromatic carbocycles. The molecule has 0 spiro atoms. The molecule has 1 heterocycles. The van der Waals surface area contributed by atoms with E-state index >= 15 is 0 Å². The van der Waals surface area contributed by atoms with Crippen LogP contribution in [0.3, 0.4) is 0 Å². The van der Waals surface area contributed by atoms with E-state index in [-0.39, 0.29) is 4.08 Å². The molecular formula is C16H20F3NS2. The van der Waals surface area contributed by atoms with Gasteiger partial charge in [-0.1, -0.05) is 19.1 Å². The lowest BCUT2D eigenvalue weighted by Crippen LogP contribution is -2.32. The Labute approximate surface area is 138 Å². The Morgan fingerprint density at radius 2 is 2.00 bits per heavy atom. The first-order valence-electron chi connectivity index (χ1n) is 7.35. The van der Waals surface area contributed by atoms with E-state index in [0.717, 1.165) is 29.9 Å². The van der Waals surface area contributed by atoms with Gasteiger partial charge in [0.2, 0.25) is 0 Å². The summed E-state index contributed by atoms with van der Waals surface area (Å²) in [6, 6.07) is 5.46. The summed E-state index contributed by atoms with van der Waals surface area (Å²) >= 11 is 3.75. The fourth-order valence-corrected chi connectivity index (χ4v) is 6.37. The Morgan fingerprint density at radius 1 is 1.32 bits per heavy atom. The Morgan fingerprint density at radius 3 is 2.55 bits per heavy atom. The highest BCUT2D eigenvalue weighted by Gasteiger charge is 2.37. The van der Waals surface area contributed by atoms with Crippen LogP contribution >= 0.6 is 23.5 Å². The van der Waals surface area contributed by atoms with E-state index in [4.69, 9.17) is 5.41 Å². The van der Waals surface area contributed by atoms with E-state index < -0.39 is 11.7 Å². The highest BCUT2D eigenvalue weighted by molar-refractivity contribution is 8.19. The normalized spacial score (nSPS) is 25.9. The van der Waals surface area contributed by atoms with Gasteiger partial charge in [-0.05, 0) is 48.9 Å². The minimum Gasteiger partial charge on any atom is -0.313 e. The molecule has 2 unspecified atom stereocenters. The number of rotatable bonds is 5. The zero-order valence-electron chi connectivity index (χ0n) is 12.5. The SMILES string of the molecule is CCC1CCSC(CC=N)(Cc2ccc(C(F)(F)F)cc2)S1. The van der Waals surface area contributed by atoms with E-state index in [9.17, 15) is 13.2 Å². The maximum absolute atomic E-state index is 12.6. The van der Waals surface area contributed by atoms with Crippen molar-refractivity contribution in [1.29, 1.82) is 5.41 Å². The topological polar surface area (TPSA) is 23.9 Å². The summed E-state index contributed by atoms with van der Waals surface area (Å²) in [5.41, 5.74) is 0.305. The van der Waals surface area contributed by atoms with Crippen LogP contribution in [-0.2, 0) is 12.6 Å². The number of benzene rings is 1. The second-order valence-corrected chi connectivity index (χ2v) is 8.90. The van der Waals surface area contributed by atoms with Crippen molar-refractivity contribution >= 4 is 29.7 Å². The number of alkyl halides is 3. The lowest BCUT2D eigenvalue weighted by atomic mass is 10.1. The molecule has 1 N–H and O–H groups in total. The van der Waals surface area contributed by atoms with Crippen molar-refractivity contribution in [3.63, 3.8) is 0 Å². The third-order valence-corrected chi connectivity index (χ3v) is 7.37. The molecule has 0 bridgehead atoms. The van der Waals surface area contributed by atoms with Crippen LogP contribution < -0.4 is 0 Å². The summed E-state index contributed by atoms with van der Waals surface area (Å²) in [6.45, 7) is 2.17. The molecule has 1 nitrogen and oxygen atoms in total. The molecule has 2 atom stereocenters. The van der Waals surface area contributed by atoms with Crippen molar-refractivity contribution in [3.05, 3.63) is 35.4 Å². The van der Waals surface area contributed by atoms with Crippen LogP contribution in [-0.4, -0.2) is 21.3 Å². The van der Waals surface area contributed by atoms with Gasteiger partial charge in [-0.15, -0.1) is 23.5 Å². The summed E-state index contributed by atoms with van der Waals surface area (Å²) in [5.74, 6) is 1.06. The quantitative estimate of drug-likeness (QED) is 0.698. The monoisotopic (exact) mass is 347 g/mol. The number of hydrogen-bond donors (Lipinski definition) is 1. The molecule has 1 aromatic rings. The first-order valence-corrected chi connectivity index (χ1v) is 9.22. The fourth-order valence-electron chi connectivity index (χ4n) is 2.61. The molecule has 1 aliphatic rings. The van der Waals surface area contributed by atoms with Crippen LogP contribution in [0.25, 0.3) is 0 Å². The van der Waals surface area contributed by atoms with E-state index in [1.165, 1.54) is 12.6 Å². The van der Waals surface area contributed by atoms with Crippen molar-refractivity contribution in [3.8, 4) is 0 Å². The minimum absolute atomic E-state index is 0.111. The molecule has 0 aromatic heterocycles. The molecule has 1 aliphatic heterocycles. The van der Waals surface area contributed by atoms with Gasteiger partial charge in [0.1, 0.15) is 0 Å². The molecule has 0 saturated carbocycles. The summed E-state index contributed by atoms with van der Waals surface area (Å²) in [4.78, 5) is 0. The molecule has 0 amide bonds. The van der Waals surface area contributed by atoms with Crippen molar-refractivity contribution in [2.75, 3.05) is 5.75 Å². The molecule has 0 aliphatic carbocycles. The van der Waals surface area contributed by atoms with Crippen molar-refractivity contribution in [2.45, 2.75) is 48.1 Å². The number of nitrogens with one attached hydrogen (secondary N) is 1. The predicted octanol–water partition coefficient (Wildman–Crippen LogP) is 5.63. The van der Waals surface area contributed by atoms with E-state index in [2.05, 4.69) is 6.92 Å². The van der Waals surface area contributed by atoms with Crippen LogP contribution in [0, 0.1) is 5.41 Å². The van der Waals surface area contributed by atoms with Crippen LogP contribution in [0.2, 0.25) is 0 Å². The number of thioether (sulfide) groups is 2. The van der Waals surface area contributed by atoms with Crippen molar-refractivity contribution in [1.82, 2.24) is 0 Å². The third-order valence-electron chi connectivity index (χ3n) is 3.81. The first kappa shape index (κ1) is 17.7. The maximum Gasteiger partial charge on any atom is 0.416 e. The summed E-state index contributed by atoms with van der Waals surface area (Å²) < 4.78 is 37.8. The van der Waals surface area contributed by atoms with Gasteiger partial charge in [-0.2, -0.15) is 13.2 Å². The fraction of sp³-hybridized carbons (Fsp3) is 0.562. The Bertz CT molecular complexity index is 501. The van der Waals surface area contributed by atoms with Gasteiger partial charge in [0.15, 0.2) is 0 Å². The second kappa shape index (κ2) is 7.30. The summed E-state index contributed by atoms with van der Waals surface area (Å²) in [5, 5.41) is 8.05. The van der Waals surface area contributed by atoms with Gasteiger partial charge in [-0.3, -0.25) is 0 Å². The molecular weight excluding hydrogens is 327 g/mol. The van der Waals surface area contributed by atoms with Gasteiger partial charge in [-0.25, -0.2) is 0 Å². The van der Waals surface area contributed by atoms with Gasteiger partial charge in [0.25, 0.3) is 0 Å². The van der Waals surface area contributed by atoms with Crippen LogP contribution in [0.15, 0.2) is 24.3 Å². The zero-order chi connectivity index (χ0) is 16.2. The van der Waals surface area contributed by atoms with E-state index in [1.54, 1.807) is 12.1 Å². The molecule has 0 radical (unpaired) electrons. The lowest BCUT2D eigenvalue weighted by Gasteiger charge is -2.39. The van der Waals surface area contributed by atoms with Gasteiger partial charge < -0.3 is 5.41 Å². The predicted molar refractivity (Wildman–Crippen MR) is 90.0 cm³/mol. The molecule has 1 saturated heterocycles. The third kappa shape index (κ3) is 4.44. The molecule has 22 heavy (non-hydrogen) atoms. The second-order valence-electron chi connectivity index (χ2n) is 5.48. The van der Waals surface area contributed by atoms with Crippen molar-refractivity contribution < 1.29 is 13.2 Å². The Kier molecular flexibility index (Phi) is 5.88. The highest BCUT2D eigenvalue weighted by atomic mass is 32.2. The lowest BCUT2D eigenvalue weighted by molar-refractivity contribution is -0.137. The number of hydrogen-bond acceptors (Lipinski definition) is 3. The number of halogens is 3. The zero-order valence-corrected chi connectivity index (χ0v) is 14.1. The Balaban J connectivity index is 2.15. The van der Waals surface area contributed by atoms with Crippen LogP contribution in [0.4, 0.5) is 13.2 Å². The average Bonchev–Trinajstić information content (AvgIpc) is 2.47. The van der Waals surface area contributed by atoms with Gasteiger partial charge in [0.05, 0.1) is 9.64 Å². The van der Waals surface area contributed by atoms with Crippen molar-refractivity contribution in [2.24, 2.45) is 0 Å². The molecule has 122 valence electrons. The van der Waals surface area contributed by atoms with Gasteiger partial charge in [0, 0.05) is 11.7 Å². The molecule has 1 fully saturated rings. The maximum atomic E-state index is 12.6. The molecule has 2 rings (SSSR count). The standard InChI is InChI=1S/C16H20F3NS2/c1-2-14-7-10-21-15(22-14,8-9-20)11-12-3-5-13(6-4-12)16(17,18)19/h3-6,9,14,20H,2,7-8,10-11H2,1H3. The van der Waals surface area contributed by atoms with E-state index in [1.807, 2.05) is 23.5 Å². The summed E-state index contributed by atoms with van der Waals surface area (Å²) in [6.07, 6.45) is 0.762. The Hall–Kier alpha value is -0.620. The smallest absolute Gasteiger partial charge is 0.313 e. The average molecular weight is 347 g/mol. The largest absolute Gasteiger partial charge is 0.416 e. The summed E-state index contributed by atoms with van der Waals surface area (Å²) in [7, 11) is 0. The molecule has 6 heteroatoms. The minimum atomic E-state index is -4.28. The highest BCUT2D eigenvalue weighted by Crippen LogP contribution is 2.50.